The summed E-state index contributed by atoms with van der Waals surface area (Å²) < 4.78 is 12.7. The van der Waals surface area contributed by atoms with Crippen LogP contribution in [0.4, 0.5) is 0 Å². The Bertz CT molecular complexity index is 1080. The molecule has 0 N–H and O–H groups in total. The number of benzene rings is 3. The van der Waals surface area contributed by atoms with Gasteiger partial charge < -0.3 is 9.47 Å². The first-order valence-corrected chi connectivity index (χ1v) is 10.5. The zero-order chi connectivity index (χ0) is 20.0. The van der Waals surface area contributed by atoms with Crippen molar-refractivity contribution >= 4 is 33.2 Å². The summed E-state index contributed by atoms with van der Waals surface area (Å²) in [6.45, 7) is 0. The lowest BCUT2D eigenvalue weighted by atomic mass is 9.96. The number of methoxy groups -OCH3 is 1. The molecule has 5 rings (SSSR count). The number of hydrogen-bond acceptors (Lipinski definition) is 4. The molecule has 0 unspecified atom stereocenters. The minimum Gasteiger partial charge on any atom is -0.497 e. The Hall–Kier alpha value is -2.50. The normalized spacial score (nSPS) is 19.8. The lowest BCUT2D eigenvalue weighted by molar-refractivity contribution is -0.0190. The minimum atomic E-state index is -0.294. The summed E-state index contributed by atoms with van der Waals surface area (Å²) in [5, 5.41) is 7.73. The average molecular weight is 470 g/mol. The Kier molecular flexibility index (Phi) is 4.72. The fourth-order valence-electron chi connectivity index (χ4n) is 3.86. The first-order valence-electron chi connectivity index (χ1n) is 9.34. The Morgan fingerprint density at radius 3 is 2.55 bits per heavy atom. The van der Waals surface area contributed by atoms with Gasteiger partial charge in [0.2, 0.25) is 6.23 Å². The van der Waals surface area contributed by atoms with Crippen LogP contribution in [0.5, 0.6) is 11.5 Å². The van der Waals surface area contributed by atoms with Crippen molar-refractivity contribution in [2.75, 3.05) is 7.11 Å². The van der Waals surface area contributed by atoms with Gasteiger partial charge in [-0.2, -0.15) is 5.10 Å². The van der Waals surface area contributed by atoms with Crippen molar-refractivity contribution in [1.82, 2.24) is 5.01 Å². The number of fused-ring (bicyclic) bond motifs is 3. The molecule has 0 saturated carbocycles. The second-order valence-corrected chi connectivity index (χ2v) is 8.43. The van der Waals surface area contributed by atoms with Crippen molar-refractivity contribution in [2.24, 2.45) is 5.10 Å². The predicted molar refractivity (Wildman–Crippen MR) is 118 cm³/mol. The Morgan fingerprint density at radius 1 is 1.07 bits per heavy atom. The molecule has 29 heavy (non-hydrogen) atoms. The lowest BCUT2D eigenvalue weighted by Gasteiger charge is -2.38. The summed E-state index contributed by atoms with van der Waals surface area (Å²) in [5.74, 6) is 1.69. The van der Waals surface area contributed by atoms with Crippen molar-refractivity contribution in [3.8, 4) is 11.5 Å². The van der Waals surface area contributed by atoms with E-state index < -0.39 is 0 Å². The Labute approximate surface area is 182 Å². The maximum Gasteiger partial charge on any atom is 0.213 e. The molecule has 3 aromatic carbocycles. The number of halogens is 2. The van der Waals surface area contributed by atoms with E-state index >= 15 is 0 Å². The minimum absolute atomic E-state index is 0.0724. The zero-order valence-corrected chi connectivity index (χ0v) is 18.0. The third kappa shape index (κ3) is 3.38. The molecule has 3 aromatic rings. The number of nitrogens with zero attached hydrogens (tertiary/aromatic N) is 2. The summed E-state index contributed by atoms with van der Waals surface area (Å²) in [6, 6.07) is 22.1. The van der Waals surface area contributed by atoms with Gasteiger partial charge in [0.1, 0.15) is 11.5 Å². The van der Waals surface area contributed by atoms with E-state index in [-0.39, 0.29) is 12.3 Å². The second-order valence-electron chi connectivity index (χ2n) is 7.08. The van der Waals surface area contributed by atoms with Crippen molar-refractivity contribution in [1.29, 1.82) is 0 Å². The molecule has 2 heterocycles. The monoisotopic (exact) mass is 468 g/mol. The van der Waals surface area contributed by atoms with Crippen LogP contribution in [0.3, 0.4) is 0 Å². The van der Waals surface area contributed by atoms with Crippen LogP contribution in [-0.2, 0) is 0 Å². The zero-order valence-electron chi connectivity index (χ0n) is 15.7. The second kappa shape index (κ2) is 7.39. The molecule has 146 valence electrons. The molecule has 0 aromatic heterocycles. The lowest BCUT2D eigenvalue weighted by Crippen LogP contribution is -2.33. The highest BCUT2D eigenvalue weighted by atomic mass is 79.9. The Balaban J connectivity index is 1.57. The topological polar surface area (TPSA) is 34.1 Å². The first kappa shape index (κ1) is 18.5. The van der Waals surface area contributed by atoms with Crippen LogP contribution in [0.1, 0.15) is 35.4 Å². The van der Waals surface area contributed by atoms with E-state index in [2.05, 4.69) is 33.1 Å². The molecule has 4 nitrogen and oxygen atoms in total. The number of hydrogen-bond donors (Lipinski definition) is 0. The van der Waals surface area contributed by atoms with Crippen LogP contribution in [0, 0.1) is 0 Å². The summed E-state index contributed by atoms with van der Waals surface area (Å²) in [5.41, 5.74) is 4.23. The van der Waals surface area contributed by atoms with Gasteiger partial charge in [-0.05, 0) is 60.2 Å². The molecule has 2 aliphatic heterocycles. The molecule has 0 spiro atoms. The standard InChI is InChI=1S/C23H18BrClN2O2/c1-28-18-9-4-14(5-10-18)20-13-21-19-12-17(25)8-11-22(19)29-23(27(21)26-20)15-2-6-16(24)7-3-15/h2-12,21,23H,13H2,1H3/t21-,23-/m1/s1. The summed E-state index contributed by atoms with van der Waals surface area (Å²) in [4.78, 5) is 0. The number of hydrazone groups is 1. The highest BCUT2D eigenvalue weighted by molar-refractivity contribution is 9.10. The number of ether oxygens (including phenoxy) is 2. The van der Waals surface area contributed by atoms with Gasteiger partial charge in [-0.3, -0.25) is 0 Å². The molecule has 0 amide bonds. The smallest absolute Gasteiger partial charge is 0.213 e. The van der Waals surface area contributed by atoms with Crippen molar-refractivity contribution in [2.45, 2.75) is 18.7 Å². The molecular formula is C23H18BrClN2O2. The van der Waals surface area contributed by atoms with Gasteiger partial charge in [-0.25, -0.2) is 5.01 Å². The molecule has 2 atom stereocenters. The number of rotatable bonds is 3. The van der Waals surface area contributed by atoms with E-state index in [1.807, 2.05) is 54.6 Å². The van der Waals surface area contributed by atoms with Crippen molar-refractivity contribution in [3.05, 3.63) is 92.9 Å². The van der Waals surface area contributed by atoms with Crippen LogP contribution in [0.15, 0.2) is 76.3 Å². The SMILES string of the molecule is COc1ccc(C2=NN3[C@H](C2)c2cc(Cl)ccc2O[C@@H]3c2ccc(Br)cc2)cc1. The average Bonchev–Trinajstić information content (AvgIpc) is 3.20. The molecule has 0 aliphatic carbocycles. The fraction of sp³-hybridized carbons (Fsp3) is 0.174. The summed E-state index contributed by atoms with van der Waals surface area (Å²) in [7, 11) is 1.67. The molecule has 0 radical (unpaired) electrons. The van der Waals surface area contributed by atoms with Crippen molar-refractivity contribution < 1.29 is 9.47 Å². The van der Waals surface area contributed by atoms with Crippen LogP contribution in [0.25, 0.3) is 0 Å². The molecule has 2 aliphatic rings. The van der Waals surface area contributed by atoms with E-state index in [0.29, 0.717) is 5.02 Å². The van der Waals surface area contributed by atoms with Crippen LogP contribution in [-0.4, -0.2) is 17.8 Å². The summed E-state index contributed by atoms with van der Waals surface area (Å²) in [6.07, 6.45) is 0.494. The van der Waals surface area contributed by atoms with E-state index in [9.17, 15) is 0 Å². The van der Waals surface area contributed by atoms with Gasteiger partial charge >= 0.3 is 0 Å². The quantitative estimate of drug-likeness (QED) is 0.448. The highest BCUT2D eigenvalue weighted by Crippen LogP contribution is 2.48. The van der Waals surface area contributed by atoms with Crippen LogP contribution < -0.4 is 9.47 Å². The third-order valence-corrected chi connectivity index (χ3v) is 6.09. The van der Waals surface area contributed by atoms with E-state index in [4.69, 9.17) is 26.2 Å². The van der Waals surface area contributed by atoms with Gasteiger partial charge in [0, 0.05) is 27.0 Å². The van der Waals surface area contributed by atoms with Gasteiger partial charge in [-0.15, -0.1) is 0 Å². The maximum atomic E-state index is 6.37. The molecule has 6 heteroatoms. The first-order chi connectivity index (χ1) is 14.1. The van der Waals surface area contributed by atoms with Crippen LogP contribution >= 0.6 is 27.5 Å². The maximum absolute atomic E-state index is 6.37. The van der Waals surface area contributed by atoms with Gasteiger partial charge in [0.15, 0.2) is 0 Å². The van der Waals surface area contributed by atoms with Crippen LogP contribution in [0.2, 0.25) is 5.02 Å². The third-order valence-electron chi connectivity index (χ3n) is 5.33. The van der Waals surface area contributed by atoms with Gasteiger partial charge in [0.05, 0.1) is 18.9 Å². The van der Waals surface area contributed by atoms with E-state index in [1.165, 1.54) is 0 Å². The molecular weight excluding hydrogens is 452 g/mol. The summed E-state index contributed by atoms with van der Waals surface area (Å²) >= 11 is 9.80. The van der Waals surface area contributed by atoms with E-state index in [0.717, 1.165) is 44.8 Å². The van der Waals surface area contributed by atoms with E-state index in [1.54, 1.807) is 7.11 Å². The van der Waals surface area contributed by atoms with Gasteiger partial charge in [-0.1, -0.05) is 39.7 Å². The van der Waals surface area contributed by atoms with Gasteiger partial charge in [0.25, 0.3) is 0 Å². The molecule has 0 saturated heterocycles. The molecule has 0 fully saturated rings. The Morgan fingerprint density at radius 2 is 1.83 bits per heavy atom. The van der Waals surface area contributed by atoms with Crippen molar-refractivity contribution in [3.63, 3.8) is 0 Å². The molecule has 0 bridgehead atoms. The highest BCUT2D eigenvalue weighted by Gasteiger charge is 2.41. The largest absolute Gasteiger partial charge is 0.497 e. The predicted octanol–water partition coefficient (Wildman–Crippen LogP) is 6.35. The fourth-order valence-corrected chi connectivity index (χ4v) is 4.31.